The van der Waals surface area contributed by atoms with E-state index in [4.69, 9.17) is 5.73 Å². The SMILES string of the molecule is Nc1ccnn1[C@@H]1CCS(=O)(=O)C1. The fourth-order valence-electron chi connectivity index (χ4n) is 1.60. The van der Waals surface area contributed by atoms with Crippen molar-refractivity contribution in [2.45, 2.75) is 12.5 Å². The quantitative estimate of drug-likeness (QED) is 0.684. The molecular formula is C7H11N3O2S. The van der Waals surface area contributed by atoms with Gasteiger partial charge < -0.3 is 5.73 Å². The van der Waals surface area contributed by atoms with Gasteiger partial charge in [-0.15, -0.1) is 0 Å². The highest BCUT2D eigenvalue weighted by molar-refractivity contribution is 7.91. The Balaban J connectivity index is 2.26. The summed E-state index contributed by atoms with van der Waals surface area (Å²) in [5.41, 5.74) is 5.61. The van der Waals surface area contributed by atoms with Crippen LogP contribution in [-0.2, 0) is 9.84 Å². The van der Waals surface area contributed by atoms with Crippen LogP contribution in [0.1, 0.15) is 12.5 Å². The second kappa shape index (κ2) is 2.73. The third kappa shape index (κ3) is 1.53. The molecule has 1 atom stereocenters. The molecule has 13 heavy (non-hydrogen) atoms. The van der Waals surface area contributed by atoms with E-state index < -0.39 is 9.84 Å². The average molecular weight is 201 g/mol. The summed E-state index contributed by atoms with van der Waals surface area (Å²) in [4.78, 5) is 0. The minimum absolute atomic E-state index is 0.0694. The number of nitrogen functional groups attached to an aromatic ring is 1. The van der Waals surface area contributed by atoms with Crippen molar-refractivity contribution in [3.05, 3.63) is 12.3 Å². The second-order valence-electron chi connectivity index (χ2n) is 3.26. The summed E-state index contributed by atoms with van der Waals surface area (Å²) >= 11 is 0. The lowest BCUT2D eigenvalue weighted by Gasteiger charge is -2.09. The minimum Gasteiger partial charge on any atom is -0.384 e. The van der Waals surface area contributed by atoms with Crippen LogP contribution in [-0.4, -0.2) is 29.7 Å². The maximum Gasteiger partial charge on any atom is 0.152 e. The second-order valence-corrected chi connectivity index (χ2v) is 5.49. The van der Waals surface area contributed by atoms with Crippen LogP contribution in [0.15, 0.2) is 12.3 Å². The first-order valence-electron chi connectivity index (χ1n) is 4.08. The van der Waals surface area contributed by atoms with Gasteiger partial charge in [0.1, 0.15) is 5.82 Å². The predicted molar refractivity (Wildman–Crippen MR) is 48.9 cm³/mol. The van der Waals surface area contributed by atoms with Gasteiger partial charge in [0.05, 0.1) is 23.7 Å². The molecule has 0 saturated carbocycles. The van der Waals surface area contributed by atoms with Crippen LogP contribution in [0.3, 0.4) is 0 Å². The molecule has 2 rings (SSSR count). The van der Waals surface area contributed by atoms with E-state index in [1.807, 2.05) is 0 Å². The zero-order valence-corrected chi connectivity index (χ0v) is 7.87. The average Bonchev–Trinajstić information content (AvgIpc) is 2.56. The molecule has 1 aliphatic rings. The van der Waals surface area contributed by atoms with E-state index in [2.05, 4.69) is 5.10 Å². The number of sulfone groups is 1. The van der Waals surface area contributed by atoms with Crippen molar-refractivity contribution in [2.24, 2.45) is 0 Å². The van der Waals surface area contributed by atoms with Crippen LogP contribution >= 0.6 is 0 Å². The van der Waals surface area contributed by atoms with Gasteiger partial charge in [-0.25, -0.2) is 13.1 Å². The molecule has 1 saturated heterocycles. The molecule has 0 radical (unpaired) electrons. The summed E-state index contributed by atoms with van der Waals surface area (Å²) in [6.45, 7) is 0. The van der Waals surface area contributed by atoms with E-state index in [1.165, 1.54) is 0 Å². The van der Waals surface area contributed by atoms with Crippen molar-refractivity contribution < 1.29 is 8.42 Å². The third-order valence-corrected chi connectivity index (χ3v) is 4.01. The number of nitrogens with two attached hydrogens (primary N) is 1. The van der Waals surface area contributed by atoms with Crippen molar-refractivity contribution in [1.29, 1.82) is 0 Å². The smallest absolute Gasteiger partial charge is 0.152 e. The molecule has 0 aliphatic carbocycles. The first kappa shape index (κ1) is 8.55. The van der Waals surface area contributed by atoms with Crippen LogP contribution in [0, 0.1) is 0 Å². The summed E-state index contributed by atoms with van der Waals surface area (Å²) in [5.74, 6) is 0.942. The summed E-state index contributed by atoms with van der Waals surface area (Å²) in [5, 5.41) is 3.99. The first-order chi connectivity index (χ1) is 6.08. The molecule has 0 unspecified atom stereocenters. The molecule has 0 spiro atoms. The highest BCUT2D eigenvalue weighted by atomic mass is 32.2. The third-order valence-electron chi connectivity index (χ3n) is 2.26. The van der Waals surface area contributed by atoms with Crippen LogP contribution in [0.2, 0.25) is 0 Å². The number of rotatable bonds is 1. The molecule has 0 aromatic carbocycles. The molecule has 5 nitrogen and oxygen atoms in total. The zero-order chi connectivity index (χ0) is 9.47. The Kier molecular flexibility index (Phi) is 1.80. The van der Waals surface area contributed by atoms with Crippen molar-refractivity contribution in [3.8, 4) is 0 Å². The van der Waals surface area contributed by atoms with Crippen LogP contribution in [0.5, 0.6) is 0 Å². The van der Waals surface area contributed by atoms with Gasteiger partial charge in [-0.05, 0) is 12.5 Å². The molecule has 0 bridgehead atoms. The molecule has 0 amide bonds. The topological polar surface area (TPSA) is 78.0 Å². The van der Waals surface area contributed by atoms with Crippen LogP contribution in [0.25, 0.3) is 0 Å². The Hall–Kier alpha value is -1.04. The van der Waals surface area contributed by atoms with E-state index in [9.17, 15) is 8.42 Å². The number of hydrogen-bond donors (Lipinski definition) is 1. The molecular weight excluding hydrogens is 190 g/mol. The number of hydrogen-bond acceptors (Lipinski definition) is 4. The maximum absolute atomic E-state index is 11.2. The van der Waals surface area contributed by atoms with Crippen molar-refractivity contribution in [3.63, 3.8) is 0 Å². The Morgan fingerprint density at radius 2 is 2.38 bits per heavy atom. The van der Waals surface area contributed by atoms with Gasteiger partial charge >= 0.3 is 0 Å². The number of aromatic nitrogens is 2. The maximum atomic E-state index is 11.2. The lowest BCUT2D eigenvalue weighted by Crippen LogP contribution is -2.14. The summed E-state index contributed by atoms with van der Waals surface area (Å²) < 4.78 is 23.9. The van der Waals surface area contributed by atoms with E-state index in [-0.39, 0.29) is 17.5 Å². The van der Waals surface area contributed by atoms with Gasteiger partial charge in [-0.1, -0.05) is 0 Å². The number of nitrogens with zero attached hydrogens (tertiary/aromatic N) is 2. The van der Waals surface area contributed by atoms with E-state index >= 15 is 0 Å². The van der Waals surface area contributed by atoms with E-state index in [0.717, 1.165) is 0 Å². The Morgan fingerprint density at radius 3 is 2.85 bits per heavy atom. The van der Waals surface area contributed by atoms with Gasteiger partial charge in [-0.2, -0.15) is 5.10 Å². The predicted octanol–water partition coefficient (Wildman–Crippen LogP) is -0.175. The van der Waals surface area contributed by atoms with Gasteiger partial charge in [0.15, 0.2) is 9.84 Å². The fraction of sp³-hybridized carbons (Fsp3) is 0.571. The molecule has 1 aromatic rings. The van der Waals surface area contributed by atoms with E-state index in [0.29, 0.717) is 12.2 Å². The largest absolute Gasteiger partial charge is 0.384 e. The van der Waals surface area contributed by atoms with Crippen LogP contribution in [0.4, 0.5) is 5.82 Å². The summed E-state index contributed by atoms with van der Waals surface area (Å²) in [6, 6.07) is 1.60. The highest BCUT2D eigenvalue weighted by Gasteiger charge is 2.30. The Labute approximate surface area is 76.5 Å². The summed E-state index contributed by atoms with van der Waals surface area (Å²) in [7, 11) is -2.85. The molecule has 72 valence electrons. The first-order valence-corrected chi connectivity index (χ1v) is 5.90. The molecule has 2 heterocycles. The molecule has 1 aromatic heterocycles. The monoisotopic (exact) mass is 201 g/mol. The molecule has 1 fully saturated rings. The van der Waals surface area contributed by atoms with Gasteiger partial charge in [0.2, 0.25) is 0 Å². The fourth-order valence-corrected chi connectivity index (χ4v) is 3.29. The normalized spacial score (nSPS) is 26.3. The molecule has 6 heteroatoms. The van der Waals surface area contributed by atoms with Crippen molar-refractivity contribution >= 4 is 15.7 Å². The Morgan fingerprint density at radius 1 is 1.62 bits per heavy atom. The molecule has 1 aliphatic heterocycles. The number of anilines is 1. The van der Waals surface area contributed by atoms with Crippen LogP contribution < -0.4 is 5.73 Å². The highest BCUT2D eigenvalue weighted by Crippen LogP contribution is 2.24. The standard InChI is InChI=1S/C7H11N3O2S/c8-7-1-3-9-10(7)6-2-4-13(11,12)5-6/h1,3,6H,2,4-5,8H2/t6-/m1/s1. The van der Waals surface area contributed by atoms with Crippen molar-refractivity contribution in [2.75, 3.05) is 17.2 Å². The van der Waals surface area contributed by atoms with E-state index in [1.54, 1.807) is 16.9 Å². The minimum atomic E-state index is -2.85. The summed E-state index contributed by atoms with van der Waals surface area (Å²) in [6.07, 6.45) is 2.20. The van der Waals surface area contributed by atoms with Gasteiger partial charge in [-0.3, -0.25) is 0 Å². The van der Waals surface area contributed by atoms with Gasteiger partial charge in [0, 0.05) is 0 Å². The van der Waals surface area contributed by atoms with Gasteiger partial charge in [0.25, 0.3) is 0 Å². The zero-order valence-electron chi connectivity index (χ0n) is 7.05. The lowest BCUT2D eigenvalue weighted by atomic mass is 10.3. The Bertz CT molecular complexity index is 409. The van der Waals surface area contributed by atoms with Crippen molar-refractivity contribution in [1.82, 2.24) is 9.78 Å². The lowest BCUT2D eigenvalue weighted by molar-refractivity contribution is 0.507. The molecule has 2 N–H and O–H groups in total.